The van der Waals surface area contributed by atoms with Crippen LogP contribution in [0.25, 0.3) is 0 Å². The molecule has 0 aliphatic carbocycles. The summed E-state index contributed by atoms with van der Waals surface area (Å²) in [5.41, 5.74) is 2.57. The van der Waals surface area contributed by atoms with Crippen LogP contribution in [0.5, 0.6) is 0 Å². The Morgan fingerprint density at radius 2 is 2.15 bits per heavy atom. The van der Waals surface area contributed by atoms with Gasteiger partial charge in [-0.3, -0.25) is 4.79 Å². The van der Waals surface area contributed by atoms with Crippen LogP contribution in [0, 0.1) is 0 Å². The van der Waals surface area contributed by atoms with Crippen molar-refractivity contribution in [2.75, 3.05) is 18.1 Å². The van der Waals surface area contributed by atoms with E-state index in [1.807, 2.05) is 17.0 Å². The van der Waals surface area contributed by atoms with Gasteiger partial charge in [-0.25, -0.2) is 4.68 Å². The lowest BCUT2D eigenvalue weighted by atomic mass is 10.00. The van der Waals surface area contributed by atoms with Crippen LogP contribution in [0.15, 0.2) is 35.7 Å². The van der Waals surface area contributed by atoms with E-state index in [4.69, 9.17) is 5.84 Å². The molecule has 0 radical (unpaired) electrons. The Morgan fingerprint density at radius 3 is 2.90 bits per heavy atom. The molecule has 20 heavy (non-hydrogen) atoms. The van der Waals surface area contributed by atoms with Gasteiger partial charge in [-0.05, 0) is 17.5 Å². The van der Waals surface area contributed by atoms with E-state index in [2.05, 4.69) is 22.3 Å². The van der Waals surface area contributed by atoms with Crippen molar-refractivity contribution in [1.29, 1.82) is 0 Å². The summed E-state index contributed by atoms with van der Waals surface area (Å²) in [4.78, 5) is 14.1. The molecule has 2 heterocycles. The Hall–Kier alpha value is -2.02. The molecule has 6 nitrogen and oxygen atoms in total. The number of fused-ring (bicyclic) bond motifs is 1. The van der Waals surface area contributed by atoms with Gasteiger partial charge in [0.15, 0.2) is 0 Å². The zero-order chi connectivity index (χ0) is 13.9. The average molecular weight is 289 g/mol. The number of hydrogen-bond donors (Lipinski definition) is 1. The van der Waals surface area contributed by atoms with Gasteiger partial charge in [0, 0.05) is 13.1 Å². The number of benzene rings is 1. The van der Waals surface area contributed by atoms with Crippen molar-refractivity contribution in [3.05, 3.63) is 41.7 Å². The first-order chi connectivity index (χ1) is 9.74. The van der Waals surface area contributed by atoms with Crippen LogP contribution < -0.4 is 5.84 Å². The Morgan fingerprint density at radius 1 is 1.35 bits per heavy atom. The number of rotatable bonds is 3. The average Bonchev–Trinajstić information content (AvgIpc) is 2.89. The van der Waals surface area contributed by atoms with Crippen LogP contribution in [0.3, 0.4) is 0 Å². The molecule has 3 rings (SSSR count). The summed E-state index contributed by atoms with van der Waals surface area (Å²) >= 11 is 1.31. The second kappa shape index (κ2) is 5.54. The first-order valence-electron chi connectivity index (χ1n) is 6.36. The maximum absolute atomic E-state index is 12.2. The molecule has 0 bridgehead atoms. The number of nitrogens with two attached hydrogens (primary N) is 1. The maximum atomic E-state index is 12.2. The van der Waals surface area contributed by atoms with Crippen molar-refractivity contribution >= 4 is 17.7 Å². The van der Waals surface area contributed by atoms with Crippen LogP contribution in [0.2, 0.25) is 0 Å². The number of nitrogen functional groups attached to an aromatic ring is 1. The highest BCUT2D eigenvalue weighted by Gasteiger charge is 2.20. The summed E-state index contributed by atoms with van der Waals surface area (Å²) in [7, 11) is 0. The predicted molar refractivity (Wildman–Crippen MR) is 76.5 cm³/mol. The predicted octanol–water partition coefficient (Wildman–Crippen LogP) is 0.669. The van der Waals surface area contributed by atoms with Gasteiger partial charge in [-0.2, -0.15) is 0 Å². The number of carbonyl (C=O) groups is 1. The van der Waals surface area contributed by atoms with Gasteiger partial charge < -0.3 is 10.7 Å². The van der Waals surface area contributed by atoms with Crippen molar-refractivity contribution in [2.45, 2.75) is 18.1 Å². The normalized spacial score (nSPS) is 14.1. The molecule has 0 spiro atoms. The highest BCUT2D eigenvalue weighted by atomic mass is 32.2. The number of nitrogens with zero attached hydrogens (tertiary/aromatic N) is 4. The SMILES string of the molecule is Nn1cnnc1SCC(=O)N1CCc2ccccc2C1. The third-order valence-electron chi connectivity index (χ3n) is 3.35. The molecule has 0 saturated carbocycles. The Bertz CT molecular complexity index is 627. The molecule has 1 aliphatic rings. The van der Waals surface area contributed by atoms with Gasteiger partial charge >= 0.3 is 0 Å². The minimum atomic E-state index is 0.104. The zero-order valence-corrected chi connectivity index (χ0v) is 11.7. The van der Waals surface area contributed by atoms with E-state index < -0.39 is 0 Å². The van der Waals surface area contributed by atoms with Crippen LogP contribution in [-0.4, -0.2) is 38.0 Å². The van der Waals surface area contributed by atoms with E-state index in [-0.39, 0.29) is 5.91 Å². The van der Waals surface area contributed by atoms with Gasteiger partial charge in [0.05, 0.1) is 5.75 Å². The molecule has 104 valence electrons. The molecule has 1 aliphatic heterocycles. The molecular weight excluding hydrogens is 274 g/mol. The zero-order valence-electron chi connectivity index (χ0n) is 10.9. The molecule has 1 aromatic heterocycles. The lowest BCUT2D eigenvalue weighted by Crippen LogP contribution is -2.37. The maximum Gasteiger partial charge on any atom is 0.233 e. The van der Waals surface area contributed by atoms with Gasteiger partial charge in [0.25, 0.3) is 0 Å². The summed E-state index contributed by atoms with van der Waals surface area (Å²) in [5, 5.41) is 8.08. The first-order valence-corrected chi connectivity index (χ1v) is 7.35. The highest BCUT2D eigenvalue weighted by Crippen LogP contribution is 2.20. The molecule has 0 atom stereocenters. The van der Waals surface area contributed by atoms with Crippen LogP contribution in [0.4, 0.5) is 0 Å². The molecule has 1 aromatic carbocycles. The lowest BCUT2D eigenvalue weighted by Gasteiger charge is -2.28. The van der Waals surface area contributed by atoms with Crippen molar-refractivity contribution in [2.24, 2.45) is 0 Å². The molecule has 1 amide bonds. The van der Waals surface area contributed by atoms with Crippen molar-refractivity contribution in [1.82, 2.24) is 19.8 Å². The van der Waals surface area contributed by atoms with Crippen molar-refractivity contribution in [3.8, 4) is 0 Å². The monoisotopic (exact) mass is 289 g/mol. The second-order valence-corrected chi connectivity index (χ2v) is 5.59. The Balaban J connectivity index is 1.60. The molecule has 0 fully saturated rings. The minimum Gasteiger partial charge on any atom is -0.337 e. The summed E-state index contributed by atoms with van der Waals surface area (Å²) < 4.78 is 1.32. The standard InChI is InChI=1S/C13H15N5OS/c14-18-9-15-16-13(18)20-8-12(19)17-6-5-10-3-1-2-4-11(10)7-17/h1-4,9H,5-8,14H2. The van der Waals surface area contributed by atoms with Gasteiger partial charge in [-0.15, -0.1) is 10.2 Å². The smallest absolute Gasteiger partial charge is 0.233 e. The van der Waals surface area contributed by atoms with Crippen molar-refractivity contribution in [3.63, 3.8) is 0 Å². The van der Waals surface area contributed by atoms with E-state index in [0.717, 1.165) is 13.0 Å². The topological polar surface area (TPSA) is 77.0 Å². The molecule has 7 heteroatoms. The summed E-state index contributed by atoms with van der Waals surface area (Å²) in [6, 6.07) is 8.26. The number of thioether (sulfide) groups is 1. The summed E-state index contributed by atoms with van der Waals surface area (Å²) in [5.74, 6) is 6.05. The molecule has 2 N–H and O–H groups in total. The molecule has 0 unspecified atom stereocenters. The molecule has 2 aromatic rings. The van der Waals surface area contributed by atoms with Gasteiger partial charge in [-0.1, -0.05) is 36.0 Å². The largest absolute Gasteiger partial charge is 0.337 e. The lowest BCUT2D eigenvalue weighted by molar-refractivity contribution is -0.129. The fourth-order valence-electron chi connectivity index (χ4n) is 2.26. The molecule has 0 saturated heterocycles. The number of hydrogen-bond acceptors (Lipinski definition) is 5. The molecular formula is C13H15N5OS. The Kier molecular flexibility index (Phi) is 3.60. The number of carbonyl (C=O) groups excluding carboxylic acids is 1. The van der Waals surface area contributed by atoms with E-state index in [9.17, 15) is 4.79 Å². The van der Waals surface area contributed by atoms with E-state index >= 15 is 0 Å². The minimum absolute atomic E-state index is 0.104. The van der Waals surface area contributed by atoms with Gasteiger partial charge in [0.1, 0.15) is 6.33 Å². The Labute approximate surface area is 120 Å². The third-order valence-corrected chi connectivity index (χ3v) is 4.29. The summed E-state index contributed by atoms with van der Waals surface area (Å²) in [6.45, 7) is 1.45. The quantitative estimate of drug-likeness (QED) is 0.664. The first kappa shape index (κ1) is 13.0. The fraction of sp³-hybridized carbons (Fsp3) is 0.308. The van der Waals surface area contributed by atoms with Crippen LogP contribution in [0.1, 0.15) is 11.1 Å². The highest BCUT2D eigenvalue weighted by molar-refractivity contribution is 7.99. The summed E-state index contributed by atoms with van der Waals surface area (Å²) in [6.07, 6.45) is 2.34. The van der Waals surface area contributed by atoms with Crippen molar-refractivity contribution < 1.29 is 4.79 Å². The van der Waals surface area contributed by atoms with Crippen LogP contribution >= 0.6 is 11.8 Å². The number of amides is 1. The van der Waals surface area contributed by atoms with Crippen LogP contribution in [-0.2, 0) is 17.8 Å². The third kappa shape index (κ3) is 2.62. The fourth-order valence-corrected chi connectivity index (χ4v) is 3.00. The van der Waals surface area contributed by atoms with E-state index in [1.165, 1.54) is 33.9 Å². The van der Waals surface area contributed by atoms with E-state index in [1.54, 1.807) is 0 Å². The van der Waals surface area contributed by atoms with E-state index in [0.29, 0.717) is 17.5 Å². The second-order valence-electron chi connectivity index (χ2n) is 4.64. The number of aromatic nitrogens is 3. The van der Waals surface area contributed by atoms with Gasteiger partial charge in [0.2, 0.25) is 11.1 Å².